The molecule has 0 bridgehead atoms. The van der Waals surface area contributed by atoms with Crippen molar-refractivity contribution < 1.29 is 27.4 Å². The van der Waals surface area contributed by atoms with E-state index in [1.54, 1.807) is 35.2 Å². The first-order valence-electron chi connectivity index (χ1n) is 12.8. The Morgan fingerprint density at radius 2 is 1.67 bits per heavy atom. The Morgan fingerprint density at radius 1 is 1.00 bits per heavy atom. The number of carbonyl (C=O) groups excluding carboxylic acids is 1. The number of amides is 2. The highest BCUT2D eigenvalue weighted by Gasteiger charge is 2.34. The molecule has 10 heteroatoms. The molecule has 2 fully saturated rings. The van der Waals surface area contributed by atoms with E-state index in [1.807, 2.05) is 24.3 Å². The summed E-state index contributed by atoms with van der Waals surface area (Å²) in [5.74, 6) is 1.39. The van der Waals surface area contributed by atoms with Crippen LogP contribution < -0.4 is 10.1 Å². The van der Waals surface area contributed by atoms with Crippen LogP contribution in [0.25, 0.3) is 0 Å². The number of rotatable bonds is 8. The molecule has 3 aromatic carbocycles. The second-order valence-corrected chi connectivity index (χ2v) is 10.1. The lowest BCUT2D eigenvalue weighted by molar-refractivity contribution is -0.137. The Hall–Kier alpha value is -3.27. The number of ether oxygens (including phenoxy) is 2. The number of alkyl halides is 3. The number of urea groups is 1. The van der Waals surface area contributed by atoms with E-state index in [4.69, 9.17) is 21.1 Å². The Labute approximate surface area is 230 Å². The van der Waals surface area contributed by atoms with E-state index in [9.17, 15) is 18.0 Å². The van der Waals surface area contributed by atoms with E-state index in [2.05, 4.69) is 10.2 Å². The SMILES string of the molecule is O=C1NC(c2cccc(C(F)(F)F)c2)CN1CCC(c1ccc(Oc2ccc(Cl)cc2)cc1)N1CCOCC1. The molecule has 2 heterocycles. The molecule has 1 N–H and O–H groups in total. The summed E-state index contributed by atoms with van der Waals surface area (Å²) in [6.45, 7) is 3.59. The van der Waals surface area contributed by atoms with E-state index in [0.29, 0.717) is 54.8 Å². The Bertz CT molecular complexity index is 1270. The molecule has 0 aromatic heterocycles. The zero-order valence-electron chi connectivity index (χ0n) is 21.2. The van der Waals surface area contributed by atoms with Gasteiger partial charge in [-0.15, -0.1) is 0 Å². The molecule has 0 aliphatic carbocycles. The van der Waals surface area contributed by atoms with Crippen molar-refractivity contribution in [2.75, 3.05) is 39.4 Å². The number of benzene rings is 3. The van der Waals surface area contributed by atoms with Crippen molar-refractivity contribution in [3.63, 3.8) is 0 Å². The summed E-state index contributed by atoms with van der Waals surface area (Å²) in [5, 5.41) is 3.48. The maximum atomic E-state index is 13.2. The molecule has 0 spiro atoms. The summed E-state index contributed by atoms with van der Waals surface area (Å²) in [7, 11) is 0. The highest BCUT2D eigenvalue weighted by atomic mass is 35.5. The van der Waals surface area contributed by atoms with Crippen LogP contribution in [-0.4, -0.2) is 55.2 Å². The second-order valence-electron chi connectivity index (χ2n) is 9.65. The van der Waals surface area contributed by atoms with Crippen LogP contribution in [0.5, 0.6) is 11.5 Å². The predicted molar refractivity (Wildman–Crippen MR) is 142 cm³/mol. The lowest BCUT2D eigenvalue weighted by Gasteiger charge is -2.35. The quantitative estimate of drug-likeness (QED) is 0.334. The monoisotopic (exact) mass is 559 g/mol. The van der Waals surface area contributed by atoms with Crippen LogP contribution in [0.1, 0.15) is 35.2 Å². The molecule has 206 valence electrons. The Morgan fingerprint density at radius 3 is 2.33 bits per heavy atom. The number of hydrogen-bond donors (Lipinski definition) is 1. The van der Waals surface area contributed by atoms with Crippen LogP contribution in [0.15, 0.2) is 72.8 Å². The molecule has 2 atom stereocenters. The summed E-state index contributed by atoms with van der Waals surface area (Å²) in [4.78, 5) is 16.8. The van der Waals surface area contributed by atoms with Gasteiger partial charge in [0.2, 0.25) is 0 Å². The minimum Gasteiger partial charge on any atom is -0.457 e. The second kappa shape index (κ2) is 11.9. The summed E-state index contributed by atoms with van der Waals surface area (Å²) in [6.07, 6.45) is -3.76. The third-order valence-electron chi connectivity index (χ3n) is 7.08. The fourth-order valence-electron chi connectivity index (χ4n) is 5.03. The highest BCUT2D eigenvalue weighted by Crippen LogP contribution is 2.33. The van der Waals surface area contributed by atoms with E-state index in [1.165, 1.54) is 6.07 Å². The first kappa shape index (κ1) is 27.3. The van der Waals surface area contributed by atoms with Crippen LogP contribution in [0.2, 0.25) is 5.02 Å². The summed E-state index contributed by atoms with van der Waals surface area (Å²) in [5.41, 5.74) is 0.819. The molecular formula is C29H29ClF3N3O3. The smallest absolute Gasteiger partial charge is 0.416 e. The van der Waals surface area contributed by atoms with Gasteiger partial charge >= 0.3 is 12.2 Å². The number of nitrogens with one attached hydrogen (secondary N) is 1. The summed E-state index contributed by atoms with van der Waals surface area (Å²) in [6, 6.07) is 19.5. The van der Waals surface area contributed by atoms with Gasteiger partial charge in [-0.1, -0.05) is 35.9 Å². The third-order valence-corrected chi connectivity index (χ3v) is 7.33. The maximum Gasteiger partial charge on any atom is 0.416 e. The third kappa shape index (κ3) is 6.84. The zero-order valence-corrected chi connectivity index (χ0v) is 21.9. The lowest BCUT2D eigenvalue weighted by Crippen LogP contribution is -2.40. The fourth-order valence-corrected chi connectivity index (χ4v) is 5.15. The van der Waals surface area contributed by atoms with Gasteiger partial charge in [-0.3, -0.25) is 4.90 Å². The van der Waals surface area contributed by atoms with Crippen molar-refractivity contribution in [2.45, 2.75) is 24.7 Å². The van der Waals surface area contributed by atoms with Crippen molar-refractivity contribution >= 4 is 17.6 Å². The summed E-state index contributed by atoms with van der Waals surface area (Å²) < 4.78 is 51.0. The van der Waals surface area contributed by atoms with Crippen LogP contribution in [0.4, 0.5) is 18.0 Å². The molecule has 2 saturated heterocycles. The molecule has 3 aromatic rings. The van der Waals surface area contributed by atoms with E-state index < -0.39 is 17.8 Å². The van der Waals surface area contributed by atoms with Gasteiger partial charge in [0.15, 0.2) is 0 Å². The molecular weight excluding hydrogens is 531 g/mol. The number of morpholine rings is 1. The van der Waals surface area contributed by atoms with Crippen molar-refractivity contribution in [3.05, 3.63) is 94.5 Å². The van der Waals surface area contributed by atoms with E-state index in [-0.39, 0.29) is 12.1 Å². The van der Waals surface area contributed by atoms with Crippen LogP contribution >= 0.6 is 11.6 Å². The molecule has 0 radical (unpaired) electrons. The van der Waals surface area contributed by atoms with Crippen LogP contribution in [0, 0.1) is 0 Å². The summed E-state index contributed by atoms with van der Waals surface area (Å²) >= 11 is 5.95. The molecule has 2 unspecified atom stereocenters. The standard InChI is InChI=1S/C29H29ClF3N3O3/c30-23-6-10-25(11-7-23)39-24-8-4-20(5-9-24)27(35-14-16-38-17-15-35)12-13-36-19-26(34-28(36)37)21-2-1-3-22(18-21)29(31,32)33/h1-11,18,26-27H,12-17,19H2,(H,34,37). The van der Waals surface area contributed by atoms with Gasteiger partial charge in [-0.25, -0.2) is 4.79 Å². The lowest BCUT2D eigenvalue weighted by atomic mass is 10.0. The van der Waals surface area contributed by atoms with E-state index >= 15 is 0 Å². The van der Waals surface area contributed by atoms with Crippen molar-refractivity contribution in [1.29, 1.82) is 0 Å². The normalized spacial score (nSPS) is 19.1. The van der Waals surface area contributed by atoms with Gasteiger partial charge in [-0.2, -0.15) is 13.2 Å². The molecule has 5 rings (SSSR count). The van der Waals surface area contributed by atoms with Crippen molar-refractivity contribution in [2.24, 2.45) is 0 Å². The van der Waals surface area contributed by atoms with Crippen LogP contribution in [0.3, 0.4) is 0 Å². The maximum absolute atomic E-state index is 13.2. The minimum absolute atomic E-state index is 0.0406. The number of carbonyl (C=O) groups is 1. The van der Waals surface area contributed by atoms with Crippen molar-refractivity contribution in [1.82, 2.24) is 15.1 Å². The van der Waals surface area contributed by atoms with Gasteiger partial charge in [0.1, 0.15) is 11.5 Å². The molecule has 0 saturated carbocycles. The molecule has 6 nitrogen and oxygen atoms in total. The molecule has 2 aliphatic heterocycles. The van der Waals surface area contributed by atoms with Gasteiger partial charge in [-0.05, 0) is 66.1 Å². The molecule has 2 amide bonds. The first-order valence-corrected chi connectivity index (χ1v) is 13.2. The van der Waals surface area contributed by atoms with Gasteiger partial charge in [0.25, 0.3) is 0 Å². The largest absolute Gasteiger partial charge is 0.457 e. The predicted octanol–water partition coefficient (Wildman–Crippen LogP) is 6.68. The highest BCUT2D eigenvalue weighted by molar-refractivity contribution is 6.30. The molecule has 2 aliphatic rings. The topological polar surface area (TPSA) is 54.0 Å². The van der Waals surface area contributed by atoms with Crippen molar-refractivity contribution in [3.8, 4) is 11.5 Å². The first-order chi connectivity index (χ1) is 18.8. The zero-order chi connectivity index (χ0) is 27.4. The Kier molecular flexibility index (Phi) is 8.30. The van der Waals surface area contributed by atoms with Gasteiger partial charge < -0.3 is 19.7 Å². The minimum atomic E-state index is -4.43. The van der Waals surface area contributed by atoms with E-state index in [0.717, 1.165) is 30.8 Å². The fraction of sp³-hybridized carbons (Fsp3) is 0.345. The number of nitrogens with zero attached hydrogens (tertiary/aromatic N) is 2. The van der Waals surface area contributed by atoms with Gasteiger partial charge in [0, 0.05) is 37.2 Å². The Balaban J connectivity index is 1.26. The van der Waals surface area contributed by atoms with Crippen LogP contribution in [-0.2, 0) is 10.9 Å². The number of hydrogen-bond acceptors (Lipinski definition) is 4. The molecule has 39 heavy (non-hydrogen) atoms. The average Bonchev–Trinajstić information content (AvgIpc) is 3.31. The average molecular weight is 560 g/mol. The number of halogens is 4. The van der Waals surface area contributed by atoms with Gasteiger partial charge in [0.05, 0.1) is 24.8 Å².